The lowest BCUT2D eigenvalue weighted by atomic mass is 10.0. The zero-order valence-electron chi connectivity index (χ0n) is 10.3. The quantitative estimate of drug-likeness (QED) is 0.602. The molecule has 0 aromatic heterocycles. The van der Waals surface area contributed by atoms with E-state index in [4.69, 9.17) is 0 Å². The van der Waals surface area contributed by atoms with E-state index in [2.05, 4.69) is 4.74 Å². The molecule has 1 aliphatic carbocycles. The van der Waals surface area contributed by atoms with Crippen LogP contribution in [0.3, 0.4) is 0 Å². The van der Waals surface area contributed by atoms with Gasteiger partial charge in [0.15, 0.2) is 0 Å². The van der Waals surface area contributed by atoms with Crippen molar-refractivity contribution in [1.29, 1.82) is 0 Å². The standard InChI is InChI=1S/C6H12.C4H8O2.C2H6/c1-2-4-6-5-3-1;1-3-4(5)6-2;1-2/h1-6H2;3H2,1-2H3;1-2H3. The predicted octanol–water partition coefficient (Wildman–Crippen LogP) is 3.94. The lowest BCUT2D eigenvalue weighted by molar-refractivity contribution is -0.140. The minimum Gasteiger partial charge on any atom is -0.469 e. The average Bonchev–Trinajstić information content (AvgIpc) is 2.33. The van der Waals surface area contributed by atoms with Crippen LogP contribution in [0.4, 0.5) is 0 Å². The van der Waals surface area contributed by atoms with Crippen molar-refractivity contribution in [1.82, 2.24) is 0 Å². The second-order valence-corrected chi connectivity index (χ2v) is 3.05. The molecule has 0 radical (unpaired) electrons. The van der Waals surface area contributed by atoms with Crippen LogP contribution in [-0.4, -0.2) is 13.1 Å². The monoisotopic (exact) mass is 202 g/mol. The minimum absolute atomic E-state index is 0.157. The SMILES string of the molecule is C1CCCCC1.CC.CCC(=O)OC. The molecule has 0 bridgehead atoms. The normalized spacial score (nSPS) is 14.0. The Hall–Kier alpha value is -0.530. The van der Waals surface area contributed by atoms with Gasteiger partial charge in [0, 0.05) is 6.42 Å². The van der Waals surface area contributed by atoms with Crippen molar-refractivity contribution in [2.24, 2.45) is 0 Å². The fourth-order valence-corrected chi connectivity index (χ4v) is 1.20. The molecule has 0 atom stereocenters. The maximum atomic E-state index is 9.96. The molecular weight excluding hydrogens is 176 g/mol. The zero-order valence-corrected chi connectivity index (χ0v) is 10.3. The molecule has 2 nitrogen and oxygen atoms in total. The Labute approximate surface area is 89.0 Å². The van der Waals surface area contributed by atoms with Gasteiger partial charge in [0.1, 0.15) is 0 Å². The number of hydrogen-bond acceptors (Lipinski definition) is 2. The van der Waals surface area contributed by atoms with Crippen LogP contribution in [0, 0.1) is 0 Å². The van der Waals surface area contributed by atoms with Crippen molar-refractivity contribution in [3.05, 3.63) is 0 Å². The van der Waals surface area contributed by atoms with Crippen molar-refractivity contribution in [3.63, 3.8) is 0 Å². The molecule has 0 heterocycles. The number of hydrogen-bond donors (Lipinski definition) is 0. The van der Waals surface area contributed by atoms with Gasteiger partial charge in [0.25, 0.3) is 0 Å². The molecule has 2 heteroatoms. The van der Waals surface area contributed by atoms with Gasteiger partial charge >= 0.3 is 5.97 Å². The van der Waals surface area contributed by atoms with Crippen LogP contribution >= 0.6 is 0 Å². The summed E-state index contributed by atoms with van der Waals surface area (Å²) in [5.41, 5.74) is 0. The molecule has 0 unspecified atom stereocenters. The largest absolute Gasteiger partial charge is 0.469 e. The number of esters is 1. The number of methoxy groups -OCH3 is 1. The van der Waals surface area contributed by atoms with Gasteiger partial charge in [-0.3, -0.25) is 4.79 Å². The number of ether oxygens (including phenoxy) is 1. The van der Waals surface area contributed by atoms with Gasteiger partial charge in [-0.2, -0.15) is 0 Å². The first-order valence-corrected chi connectivity index (χ1v) is 5.88. The summed E-state index contributed by atoms with van der Waals surface area (Å²) < 4.78 is 4.26. The fourth-order valence-electron chi connectivity index (χ4n) is 1.20. The van der Waals surface area contributed by atoms with Crippen LogP contribution in [-0.2, 0) is 9.53 Å². The van der Waals surface area contributed by atoms with Gasteiger partial charge in [0.2, 0.25) is 0 Å². The van der Waals surface area contributed by atoms with Crippen LogP contribution < -0.4 is 0 Å². The first-order chi connectivity index (χ1) is 6.81. The summed E-state index contributed by atoms with van der Waals surface area (Å²) in [6.45, 7) is 5.76. The van der Waals surface area contributed by atoms with E-state index in [-0.39, 0.29) is 5.97 Å². The molecule has 1 aliphatic rings. The third kappa shape index (κ3) is 14.0. The summed E-state index contributed by atoms with van der Waals surface area (Å²) in [7, 11) is 1.38. The van der Waals surface area contributed by atoms with Gasteiger partial charge in [-0.25, -0.2) is 0 Å². The van der Waals surface area contributed by atoms with Crippen LogP contribution in [0.15, 0.2) is 0 Å². The lowest BCUT2D eigenvalue weighted by Crippen LogP contribution is -1.94. The summed E-state index contributed by atoms with van der Waals surface area (Å²) in [5, 5.41) is 0. The Morgan fingerprint density at radius 2 is 1.29 bits per heavy atom. The Bertz CT molecular complexity index is 89.4. The van der Waals surface area contributed by atoms with Crippen molar-refractivity contribution in [3.8, 4) is 0 Å². The van der Waals surface area contributed by atoms with Crippen LogP contribution in [0.25, 0.3) is 0 Å². The third-order valence-electron chi connectivity index (χ3n) is 2.02. The maximum absolute atomic E-state index is 9.96. The Morgan fingerprint density at radius 1 is 1.00 bits per heavy atom. The molecule has 1 rings (SSSR count). The second-order valence-electron chi connectivity index (χ2n) is 3.05. The van der Waals surface area contributed by atoms with Crippen LogP contribution in [0.1, 0.15) is 65.7 Å². The molecule has 14 heavy (non-hydrogen) atoms. The van der Waals surface area contributed by atoms with E-state index in [0.717, 1.165) is 0 Å². The molecule has 0 spiro atoms. The maximum Gasteiger partial charge on any atom is 0.305 e. The van der Waals surface area contributed by atoms with Gasteiger partial charge in [0.05, 0.1) is 7.11 Å². The zero-order chi connectivity index (χ0) is 11.2. The lowest BCUT2D eigenvalue weighted by Gasteiger charge is -2.05. The summed E-state index contributed by atoms with van der Waals surface area (Å²) in [4.78, 5) is 9.96. The first kappa shape index (κ1) is 15.9. The summed E-state index contributed by atoms with van der Waals surface area (Å²) in [6.07, 6.45) is 9.47. The Kier molecular flexibility index (Phi) is 17.0. The molecule has 0 aliphatic heterocycles. The topological polar surface area (TPSA) is 26.3 Å². The van der Waals surface area contributed by atoms with Crippen molar-refractivity contribution >= 4 is 5.97 Å². The molecule has 1 saturated carbocycles. The van der Waals surface area contributed by atoms with Gasteiger partial charge in [-0.1, -0.05) is 59.3 Å². The second kappa shape index (κ2) is 15.0. The molecule has 0 N–H and O–H groups in total. The van der Waals surface area contributed by atoms with E-state index in [1.807, 2.05) is 13.8 Å². The molecule has 0 amide bonds. The highest BCUT2D eigenvalue weighted by Crippen LogP contribution is 2.15. The van der Waals surface area contributed by atoms with Crippen LogP contribution in [0.2, 0.25) is 0 Å². The predicted molar refractivity (Wildman–Crippen MR) is 61.4 cm³/mol. The van der Waals surface area contributed by atoms with E-state index in [9.17, 15) is 4.79 Å². The van der Waals surface area contributed by atoms with Crippen LogP contribution in [0.5, 0.6) is 0 Å². The van der Waals surface area contributed by atoms with Crippen molar-refractivity contribution in [2.75, 3.05) is 7.11 Å². The number of carbonyl (C=O) groups excluding carboxylic acids is 1. The highest BCUT2D eigenvalue weighted by molar-refractivity contribution is 5.68. The smallest absolute Gasteiger partial charge is 0.305 e. The molecule has 0 aromatic rings. The first-order valence-electron chi connectivity index (χ1n) is 5.88. The van der Waals surface area contributed by atoms with Crippen molar-refractivity contribution in [2.45, 2.75) is 65.7 Å². The van der Waals surface area contributed by atoms with E-state index < -0.39 is 0 Å². The van der Waals surface area contributed by atoms with Gasteiger partial charge < -0.3 is 4.74 Å². The number of carbonyl (C=O) groups is 1. The summed E-state index contributed by atoms with van der Waals surface area (Å²) in [5.74, 6) is -0.157. The summed E-state index contributed by atoms with van der Waals surface area (Å²) >= 11 is 0. The minimum atomic E-state index is -0.157. The fraction of sp³-hybridized carbons (Fsp3) is 0.917. The van der Waals surface area contributed by atoms with E-state index in [1.54, 1.807) is 6.92 Å². The van der Waals surface area contributed by atoms with Gasteiger partial charge in [-0.05, 0) is 0 Å². The van der Waals surface area contributed by atoms with E-state index >= 15 is 0 Å². The molecule has 0 saturated heterocycles. The molecule has 1 fully saturated rings. The van der Waals surface area contributed by atoms with E-state index in [0.29, 0.717) is 6.42 Å². The van der Waals surface area contributed by atoms with E-state index in [1.165, 1.54) is 45.6 Å². The highest BCUT2D eigenvalue weighted by Gasteiger charge is 1.95. The molecule has 86 valence electrons. The van der Waals surface area contributed by atoms with Crippen molar-refractivity contribution < 1.29 is 9.53 Å². The molecular formula is C12H26O2. The Balaban J connectivity index is 0. The average molecular weight is 202 g/mol. The highest BCUT2D eigenvalue weighted by atomic mass is 16.5. The summed E-state index contributed by atoms with van der Waals surface area (Å²) in [6, 6.07) is 0. The number of rotatable bonds is 1. The van der Waals surface area contributed by atoms with Gasteiger partial charge in [-0.15, -0.1) is 0 Å². The Morgan fingerprint density at radius 3 is 1.36 bits per heavy atom. The third-order valence-corrected chi connectivity index (χ3v) is 2.02. The molecule has 0 aromatic carbocycles.